The molecular formula is C24H30BrN6O6P. The summed E-state index contributed by atoms with van der Waals surface area (Å²) in [7, 11) is -2.48. The number of nitrogen functional groups attached to an aromatic ring is 1. The van der Waals surface area contributed by atoms with Gasteiger partial charge in [-0.15, -0.1) is 0 Å². The molecule has 0 bridgehead atoms. The number of benzene rings is 1. The van der Waals surface area contributed by atoms with Gasteiger partial charge in [0.05, 0.1) is 32.2 Å². The van der Waals surface area contributed by atoms with E-state index in [0.717, 1.165) is 4.47 Å². The highest BCUT2D eigenvalue weighted by Crippen LogP contribution is 2.46. The van der Waals surface area contributed by atoms with Gasteiger partial charge >= 0.3 is 13.7 Å². The van der Waals surface area contributed by atoms with Crippen molar-refractivity contribution in [2.24, 2.45) is 5.92 Å². The van der Waals surface area contributed by atoms with Crippen molar-refractivity contribution in [3.8, 4) is 11.6 Å². The standard InChI is InChI=1S/C24H30BrN6O6P/c1-14(2)36-23(32)15(3)30-38(33,37-19-9-6-17(25)7-10-19)35-12-16-5-8-18(11-16)31-13-27-20-21(31)28-24(26)29-22(20)34-4/h5-10,13-16,18H,11-12H2,1-4H3,(H,30,33)(H2,26,28,29)/t15-,16+,18-,38?/m0/s1. The highest BCUT2D eigenvalue weighted by molar-refractivity contribution is 9.10. The molecule has 12 nitrogen and oxygen atoms in total. The number of halogens is 1. The molecule has 0 radical (unpaired) electrons. The number of fused-ring (bicyclic) bond motifs is 1. The van der Waals surface area contributed by atoms with Gasteiger partial charge in [-0.25, -0.2) is 9.55 Å². The summed E-state index contributed by atoms with van der Waals surface area (Å²) in [6.07, 6.45) is 5.93. The highest BCUT2D eigenvalue weighted by atomic mass is 79.9. The van der Waals surface area contributed by atoms with Crippen molar-refractivity contribution in [1.82, 2.24) is 24.6 Å². The lowest BCUT2D eigenvalue weighted by Crippen LogP contribution is -2.36. The molecule has 204 valence electrons. The first-order chi connectivity index (χ1) is 18.1. The number of anilines is 1. The zero-order valence-electron chi connectivity index (χ0n) is 21.4. The molecule has 0 aliphatic heterocycles. The van der Waals surface area contributed by atoms with Crippen LogP contribution in [0.25, 0.3) is 11.2 Å². The SMILES string of the molecule is COc1nc(N)nc2c1ncn2[C@H]1C=C[C@@H](COP(=O)(N[C@@H](C)C(=O)OC(C)C)Oc2ccc(Br)cc2)C1. The van der Waals surface area contributed by atoms with E-state index >= 15 is 0 Å². The average molecular weight is 609 g/mol. The molecule has 0 saturated heterocycles. The fourth-order valence-corrected chi connectivity index (χ4v) is 5.73. The van der Waals surface area contributed by atoms with Gasteiger partial charge in [0.1, 0.15) is 11.8 Å². The lowest BCUT2D eigenvalue weighted by molar-refractivity contribution is -0.149. The largest absolute Gasteiger partial charge is 0.479 e. The maximum Gasteiger partial charge on any atom is 0.459 e. The Labute approximate surface area is 228 Å². The maximum absolute atomic E-state index is 13.8. The van der Waals surface area contributed by atoms with Crippen LogP contribution in [-0.2, 0) is 18.6 Å². The molecule has 2 aromatic heterocycles. The summed E-state index contributed by atoms with van der Waals surface area (Å²) in [5.41, 5.74) is 6.90. The molecule has 1 aromatic carbocycles. The molecule has 1 unspecified atom stereocenters. The van der Waals surface area contributed by atoms with Crippen LogP contribution in [-0.4, -0.2) is 51.4 Å². The number of allylic oxidation sites excluding steroid dienone is 1. The van der Waals surface area contributed by atoms with Crippen LogP contribution in [0.15, 0.2) is 47.2 Å². The third-order valence-corrected chi connectivity index (χ3v) is 7.83. The fraction of sp³-hybridized carbons (Fsp3) is 0.417. The van der Waals surface area contributed by atoms with Gasteiger partial charge in [0, 0.05) is 10.4 Å². The Bertz CT molecular complexity index is 1360. The molecular weight excluding hydrogens is 579 g/mol. The van der Waals surface area contributed by atoms with Gasteiger partial charge in [-0.1, -0.05) is 28.1 Å². The Morgan fingerprint density at radius 1 is 1.24 bits per heavy atom. The van der Waals surface area contributed by atoms with Crippen molar-refractivity contribution < 1.29 is 27.9 Å². The zero-order chi connectivity index (χ0) is 27.4. The first-order valence-corrected chi connectivity index (χ1v) is 14.3. The Hall–Kier alpha value is -2.99. The van der Waals surface area contributed by atoms with Gasteiger partial charge in [0.25, 0.3) is 0 Å². The van der Waals surface area contributed by atoms with E-state index in [2.05, 4.69) is 36.0 Å². The number of nitrogens with one attached hydrogen (secondary N) is 1. The second kappa shape index (κ2) is 11.8. The van der Waals surface area contributed by atoms with E-state index in [1.54, 1.807) is 51.4 Å². The highest BCUT2D eigenvalue weighted by Gasteiger charge is 2.34. The minimum atomic E-state index is -3.97. The second-order valence-corrected chi connectivity index (χ2v) is 11.6. The van der Waals surface area contributed by atoms with Crippen molar-refractivity contribution in [1.29, 1.82) is 0 Å². The molecule has 0 spiro atoms. The molecule has 3 aromatic rings. The molecule has 0 amide bonds. The van der Waals surface area contributed by atoms with Crippen LogP contribution >= 0.6 is 23.7 Å². The lowest BCUT2D eigenvalue weighted by Gasteiger charge is -2.24. The maximum atomic E-state index is 13.8. The number of aromatic nitrogens is 4. The van der Waals surface area contributed by atoms with Crippen LogP contribution in [0.5, 0.6) is 11.6 Å². The molecule has 4 rings (SSSR count). The first-order valence-electron chi connectivity index (χ1n) is 12.0. The normalized spacial score (nSPS) is 19.4. The van der Waals surface area contributed by atoms with Gasteiger partial charge < -0.3 is 24.3 Å². The van der Waals surface area contributed by atoms with Gasteiger partial charge in [-0.05, 0) is 51.5 Å². The second-order valence-electron chi connectivity index (χ2n) is 9.04. The number of esters is 1. The smallest absolute Gasteiger partial charge is 0.459 e. The summed E-state index contributed by atoms with van der Waals surface area (Å²) >= 11 is 3.36. The van der Waals surface area contributed by atoms with Crippen molar-refractivity contribution in [2.45, 2.75) is 45.4 Å². The van der Waals surface area contributed by atoms with Crippen LogP contribution in [0, 0.1) is 5.92 Å². The molecule has 38 heavy (non-hydrogen) atoms. The van der Waals surface area contributed by atoms with Crippen molar-refractivity contribution in [2.75, 3.05) is 19.5 Å². The predicted octanol–water partition coefficient (Wildman–Crippen LogP) is 4.43. The van der Waals surface area contributed by atoms with Crippen molar-refractivity contribution in [3.05, 3.63) is 47.2 Å². The Kier molecular flexibility index (Phi) is 8.71. The molecule has 0 fully saturated rings. The number of carbonyl (C=O) groups excluding carboxylic acids is 1. The van der Waals surface area contributed by atoms with Crippen LogP contribution in [0.3, 0.4) is 0 Å². The number of rotatable bonds is 11. The minimum Gasteiger partial charge on any atom is -0.479 e. The van der Waals surface area contributed by atoms with Crippen LogP contribution in [0.1, 0.15) is 33.2 Å². The fourth-order valence-electron chi connectivity index (χ4n) is 3.92. The number of hydrogen-bond donors (Lipinski definition) is 2. The molecule has 3 N–H and O–H groups in total. The first kappa shape index (κ1) is 28.0. The monoisotopic (exact) mass is 608 g/mol. The number of ether oxygens (including phenoxy) is 2. The van der Waals surface area contributed by atoms with E-state index in [1.807, 2.05) is 16.7 Å². The molecule has 14 heteroatoms. The van der Waals surface area contributed by atoms with Crippen LogP contribution in [0.2, 0.25) is 0 Å². The number of nitrogens with zero attached hydrogens (tertiary/aromatic N) is 4. The summed E-state index contributed by atoms with van der Waals surface area (Å²) in [5.74, 6) is 0.0488. The van der Waals surface area contributed by atoms with E-state index in [9.17, 15) is 9.36 Å². The zero-order valence-corrected chi connectivity index (χ0v) is 23.9. The molecule has 1 aliphatic rings. The van der Waals surface area contributed by atoms with Gasteiger partial charge in [-0.3, -0.25) is 9.32 Å². The van der Waals surface area contributed by atoms with Gasteiger partial charge in [0.15, 0.2) is 11.2 Å². The lowest BCUT2D eigenvalue weighted by atomic mass is 10.1. The topological polar surface area (TPSA) is 153 Å². The van der Waals surface area contributed by atoms with Crippen LogP contribution in [0.4, 0.5) is 5.95 Å². The summed E-state index contributed by atoms with van der Waals surface area (Å²) < 4.78 is 38.6. The molecule has 0 saturated carbocycles. The Morgan fingerprint density at radius 2 is 1.97 bits per heavy atom. The van der Waals surface area contributed by atoms with E-state index in [4.69, 9.17) is 24.3 Å². The molecule has 1 aliphatic carbocycles. The molecule has 2 heterocycles. The number of nitrogens with two attached hydrogens (primary N) is 1. The van der Waals surface area contributed by atoms with Gasteiger partial charge in [0.2, 0.25) is 11.8 Å². The van der Waals surface area contributed by atoms with Gasteiger partial charge in [-0.2, -0.15) is 15.1 Å². The average Bonchev–Trinajstić information content (AvgIpc) is 3.50. The van der Waals surface area contributed by atoms with E-state index in [0.29, 0.717) is 29.2 Å². The van der Waals surface area contributed by atoms with Crippen molar-refractivity contribution >= 4 is 46.8 Å². The number of imidazole rings is 1. The Balaban J connectivity index is 1.46. The van der Waals surface area contributed by atoms with E-state index in [1.165, 1.54) is 7.11 Å². The third-order valence-electron chi connectivity index (χ3n) is 5.66. The Morgan fingerprint density at radius 3 is 2.66 bits per heavy atom. The summed E-state index contributed by atoms with van der Waals surface area (Å²) in [6, 6.07) is 5.78. The number of methoxy groups -OCH3 is 1. The minimum absolute atomic E-state index is 0.0762. The van der Waals surface area contributed by atoms with E-state index in [-0.39, 0.29) is 30.6 Å². The third kappa shape index (κ3) is 6.71. The van der Waals surface area contributed by atoms with Crippen molar-refractivity contribution in [3.63, 3.8) is 0 Å². The molecule has 4 atom stereocenters. The predicted molar refractivity (Wildman–Crippen MR) is 145 cm³/mol. The summed E-state index contributed by atoms with van der Waals surface area (Å²) in [4.78, 5) is 25.1. The number of carbonyl (C=O) groups is 1. The quantitative estimate of drug-likeness (QED) is 0.180. The van der Waals surface area contributed by atoms with Crippen LogP contribution < -0.4 is 20.1 Å². The number of hydrogen-bond acceptors (Lipinski definition) is 10. The summed E-state index contributed by atoms with van der Waals surface area (Å²) in [6.45, 7) is 5.10. The summed E-state index contributed by atoms with van der Waals surface area (Å²) in [5, 5.41) is 2.71. The van der Waals surface area contributed by atoms with E-state index < -0.39 is 19.8 Å².